The number of benzene rings is 2. The zero-order chi connectivity index (χ0) is 14.7. The van der Waals surface area contributed by atoms with Crippen LogP contribution in [0.5, 0.6) is 0 Å². The minimum atomic E-state index is -0.289. The highest BCUT2D eigenvalue weighted by Crippen LogP contribution is 2.23. The summed E-state index contributed by atoms with van der Waals surface area (Å²) >= 11 is 11.7. The van der Waals surface area contributed by atoms with E-state index in [1.807, 2.05) is 0 Å². The fraction of sp³-hybridized carbons (Fsp3) is 0.188. The molecule has 1 nitrogen and oxygen atoms in total. The molecule has 0 aliphatic carbocycles. The number of halogens is 3. The number of carbonyl (C=O) groups is 1. The lowest BCUT2D eigenvalue weighted by atomic mass is 9.99. The zero-order valence-electron chi connectivity index (χ0n) is 10.9. The molecular formula is C16H13Cl2FO. The summed E-state index contributed by atoms with van der Waals surface area (Å²) in [5.41, 5.74) is 2.45. The Kier molecular flexibility index (Phi) is 4.79. The van der Waals surface area contributed by atoms with Gasteiger partial charge in [-0.1, -0.05) is 35.3 Å². The second kappa shape index (κ2) is 6.38. The maximum absolute atomic E-state index is 13.0. The van der Waals surface area contributed by atoms with Gasteiger partial charge in [0.05, 0.1) is 10.0 Å². The van der Waals surface area contributed by atoms with E-state index in [-0.39, 0.29) is 24.4 Å². The molecule has 0 saturated carbocycles. The zero-order valence-corrected chi connectivity index (χ0v) is 12.4. The van der Waals surface area contributed by atoms with Crippen LogP contribution in [-0.2, 0) is 17.6 Å². The second-order valence-corrected chi connectivity index (χ2v) is 5.53. The molecule has 0 atom stereocenters. The van der Waals surface area contributed by atoms with Crippen LogP contribution in [0.3, 0.4) is 0 Å². The lowest BCUT2D eigenvalue weighted by Crippen LogP contribution is -2.07. The van der Waals surface area contributed by atoms with Crippen molar-refractivity contribution < 1.29 is 9.18 Å². The fourth-order valence-corrected chi connectivity index (χ4v) is 2.33. The molecule has 2 rings (SSSR count). The summed E-state index contributed by atoms with van der Waals surface area (Å²) in [6.45, 7) is 1.80. The van der Waals surface area contributed by atoms with Crippen LogP contribution >= 0.6 is 23.2 Å². The van der Waals surface area contributed by atoms with Crippen molar-refractivity contribution in [2.75, 3.05) is 0 Å². The summed E-state index contributed by atoms with van der Waals surface area (Å²) < 4.78 is 13.0. The van der Waals surface area contributed by atoms with E-state index in [1.54, 1.807) is 31.2 Å². The number of hydrogen-bond donors (Lipinski definition) is 0. The molecular weight excluding hydrogens is 298 g/mol. The predicted molar refractivity (Wildman–Crippen MR) is 80.0 cm³/mol. The molecule has 20 heavy (non-hydrogen) atoms. The van der Waals surface area contributed by atoms with E-state index in [1.165, 1.54) is 12.1 Å². The third-order valence-corrected chi connectivity index (χ3v) is 3.82. The van der Waals surface area contributed by atoms with Gasteiger partial charge in [0.1, 0.15) is 11.6 Å². The van der Waals surface area contributed by atoms with Crippen LogP contribution in [0.2, 0.25) is 10.0 Å². The van der Waals surface area contributed by atoms with Gasteiger partial charge < -0.3 is 0 Å². The van der Waals surface area contributed by atoms with Crippen LogP contribution in [0.1, 0.15) is 16.7 Å². The number of rotatable bonds is 4. The third kappa shape index (κ3) is 3.81. The summed E-state index contributed by atoms with van der Waals surface area (Å²) in [4.78, 5) is 12.0. The van der Waals surface area contributed by atoms with Crippen molar-refractivity contribution in [3.63, 3.8) is 0 Å². The van der Waals surface area contributed by atoms with Crippen LogP contribution in [-0.4, -0.2) is 5.78 Å². The first kappa shape index (κ1) is 15.0. The van der Waals surface area contributed by atoms with E-state index < -0.39 is 0 Å². The Morgan fingerprint density at radius 2 is 1.80 bits per heavy atom. The van der Waals surface area contributed by atoms with Gasteiger partial charge in [0.25, 0.3) is 0 Å². The number of Topliss-reactive ketones (excluding diaryl/α,β-unsaturated/α-hetero) is 1. The molecule has 0 saturated heterocycles. The molecule has 0 aromatic heterocycles. The lowest BCUT2D eigenvalue weighted by molar-refractivity contribution is -0.117. The van der Waals surface area contributed by atoms with E-state index >= 15 is 0 Å². The van der Waals surface area contributed by atoms with Gasteiger partial charge >= 0.3 is 0 Å². The van der Waals surface area contributed by atoms with Crippen LogP contribution in [0.15, 0.2) is 36.4 Å². The minimum absolute atomic E-state index is 0.0538. The van der Waals surface area contributed by atoms with Crippen LogP contribution < -0.4 is 0 Å². The van der Waals surface area contributed by atoms with E-state index in [0.29, 0.717) is 10.0 Å². The lowest BCUT2D eigenvalue weighted by Gasteiger charge is -2.06. The summed E-state index contributed by atoms with van der Waals surface area (Å²) in [6.07, 6.45) is 0.570. The number of ketones is 1. The normalized spacial score (nSPS) is 10.6. The molecule has 0 unspecified atom stereocenters. The average Bonchev–Trinajstić information content (AvgIpc) is 2.37. The highest BCUT2D eigenvalue weighted by atomic mass is 35.5. The van der Waals surface area contributed by atoms with Gasteiger partial charge in [0.2, 0.25) is 0 Å². The Hall–Kier alpha value is -1.38. The number of aryl methyl sites for hydroxylation is 1. The number of carbonyl (C=O) groups excluding carboxylic acids is 1. The standard InChI is InChI=1S/C16H13Cl2FO/c1-10-6-13(19)4-3-12(10)9-14(20)7-11-2-5-15(17)16(18)8-11/h2-6,8H,7,9H2,1H3. The van der Waals surface area contributed by atoms with Crippen LogP contribution in [0, 0.1) is 12.7 Å². The molecule has 0 heterocycles. The summed E-state index contributed by atoms with van der Waals surface area (Å²) in [7, 11) is 0. The Balaban J connectivity index is 2.07. The molecule has 0 amide bonds. The van der Waals surface area contributed by atoms with E-state index in [4.69, 9.17) is 23.2 Å². The monoisotopic (exact) mass is 310 g/mol. The molecule has 0 spiro atoms. The van der Waals surface area contributed by atoms with Gasteiger partial charge in [-0.05, 0) is 47.9 Å². The van der Waals surface area contributed by atoms with Crippen LogP contribution in [0.25, 0.3) is 0 Å². The first-order chi connectivity index (χ1) is 9.45. The molecule has 0 N–H and O–H groups in total. The largest absolute Gasteiger partial charge is 0.299 e. The summed E-state index contributed by atoms with van der Waals surface area (Å²) in [6, 6.07) is 9.60. The van der Waals surface area contributed by atoms with Crippen molar-refractivity contribution in [3.05, 3.63) is 69.0 Å². The van der Waals surface area contributed by atoms with Crippen molar-refractivity contribution in [1.82, 2.24) is 0 Å². The minimum Gasteiger partial charge on any atom is -0.299 e. The second-order valence-electron chi connectivity index (χ2n) is 4.71. The van der Waals surface area contributed by atoms with Gasteiger partial charge in [0, 0.05) is 12.8 Å². The van der Waals surface area contributed by atoms with Crippen molar-refractivity contribution in [3.8, 4) is 0 Å². The first-order valence-corrected chi connectivity index (χ1v) is 6.92. The van der Waals surface area contributed by atoms with Crippen molar-refractivity contribution in [1.29, 1.82) is 0 Å². The maximum atomic E-state index is 13.0. The maximum Gasteiger partial charge on any atom is 0.141 e. The van der Waals surface area contributed by atoms with Crippen molar-refractivity contribution in [2.24, 2.45) is 0 Å². The molecule has 0 aliphatic rings. The Morgan fingerprint density at radius 3 is 2.45 bits per heavy atom. The van der Waals surface area contributed by atoms with E-state index in [2.05, 4.69) is 0 Å². The summed E-state index contributed by atoms with van der Waals surface area (Å²) in [5.74, 6) is -0.235. The third-order valence-electron chi connectivity index (χ3n) is 3.08. The molecule has 104 valence electrons. The summed E-state index contributed by atoms with van der Waals surface area (Å²) in [5, 5.41) is 0.909. The highest BCUT2D eigenvalue weighted by Gasteiger charge is 2.09. The number of hydrogen-bond acceptors (Lipinski definition) is 1. The Bertz CT molecular complexity index is 653. The van der Waals surface area contributed by atoms with E-state index in [9.17, 15) is 9.18 Å². The quantitative estimate of drug-likeness (QED) is 0.793. The van der Waals surface area contributed by atoms with Gasteiger partial charge in [0.15, 0.2) is 0 Å². The Labute approximate surface area is 127 Å². The smallest absolute Gasteiger partial charge is 0.141 e. The average molecular weight is 311 g/mol. The molecule has 0 bridgehead atoms. The molecule has 0 radical (unpaired) electrons. The topological polar surface area (TPSA) is 17.1 Å². The van der Waals surface area contributed by atoms with Crippen molar-refractivity contribution in [2.45, 2.75) is 19.8 Å². The first-order valence-electron chi connectivity index (χ1n) is 6.16. The molecule has 0 fully saturated rings. The van der Waals surface area contributed by atoms with Gasteiger partial charge in [-0.25, -0.2) is 4.39 Å². The van der Waals surface area contributed by atoms with Gasteiger partial charge in [-0.2, -0.15) is 0 Å². The SMILES string of the molecule is Cc1cc(F)ccc1CC(=O)Cc1ccc(Cl)c(Cl)c1. The highest BCUT2D eigenvalue weighted by molar-refractivity contribution is 6.42. The van der Waals surface area contributed by atoms with Gasteiger partial charge in [-0.3, -0.25) is 4.79 Å². The Morgan fingerprint density at radius 1 is 1.05 bits per heavy atom. The molecule has 2 aromatic carbocycles. The fourth-order valence-electron chi connectivity index (χ4n) is 2.01. The van der Waals surface area contributed by atoms with Gasteiger partial charge in [-0.15, -0.1) is 0 Å². The van der Waals surface area contributed by atoms with Crippen LogP contribution in [0.4, 0.5) is 4.39 Å². The predicted octanol–water partition coefficient (Wildman–Crippen LogP) is 4.80. The van der Waals surface area contributed by atoms with Crippen molar-refractivity contribution >= 4 is 29.0 Å². The van der Waals surface area contributed by atoms with E-state index in [0.717, 1.165) is 16.7 Å². The molecule has 4 heteroatoms. The molecule has 0 aliphatic heterocycles. The molecule has 2 aromatic rings.